The lowest BCUT2D eigenvalue weighted by Gasteiger charge is -1.97. The number of benzene rings is 1. The smallest absolute Gasteiger partial charge is 0.184 e. The Balaban J connectivity index is 2.12. The highest BCUT2D eigenvalue weighted by Gasteiger charge is 2.02. The van der Waals surface area contributed by atoms with Gasteiger partial charge in [-0.1, -0.05) is 29.8 Å². The topological polar surface area (TPSA) is 63.5 Å². The lowest BCUT2D eigenvalue weighted by molar-refractivity contribution is 0.574. The second-order valence-corrected chi connectivity index (χ2v) is 4.24. The van der Waals surface area contributed by atoms with E-state index in [-0.39, 0.29) is 5.11 Å². The third kappa shape index (κ3) is 3.18. The van der Waals surface area contributed by atoms with Crippen LogP contribution in [0.4, 0.5) is 0 Å². The normalized spacial score (nSPS) is 10.7. The Kier molecular flexibility index (Phi) is 3.74. The average Bonchev–Trinajstić information content (AvgIpc) is 2.78. The molecule has 0 spiro atoms. The molecule has 1 aromatic carbocycles. The maximum Gasteiger partial charge on any atom is 0.184 e. The summed E-state index contributed by atoms with van der Waals surface area (Å²) < 4.78 is 5.62. The fourth-order valence-corrected chi connectivity index (χ4v) is 1.51. The molecule has 2 aromatic rings. The molecular formula is C13H13N3OS. The summed E-state index contributed by atoms with van der Waals surface area (Å²) in [7, 11) is 0. The van der Waals surface area contributed by atoms with Crippen LogP contribution in [-0.2, 0) is 0 Å². The third-order valence-corrected chi connectivity index (χ3v) is 2.42. The summed E-state index contributed by atoms with van der Waals surface area (Å²) in [5, 5.41) is 3.95. The Morgan fingerprint density at radius 3 is 2.67 bits per heavy atom. The number of furan rings is 1. The number of hydrazone groups is 1. The van der Waals surface area contributed by atoms with Crippen molar-refractivity contribution < 1.29 is 4.42 Å². The molecule has 0 atom stereocenters. The van der Waals surface area contributed by atoms with Gasteiger partial charge in [-0.2, -0.15) is 5.10 Å². The van der Waals surface area contributed by atoms with Gasteiger partial charge >= 0.3 is 0 Å². The Morgan fingerprint density at radius 1 is 1.28 bits per heavy atom. The number of nitrogens with zero attached hydrogens (tertiary/aromatic N) is 1. The van der Waals surface area contributed by atoms with Crippen molar-refractivity contribution in [3.05, 3.63) is 47.7 Å². The summed E-state index contributed by atoms with van der Waals surface area (Å²) in [5.41, 5.74) is 9.96. The molecule has 0 saturated carbocycles. The van der Waals surface area contributed by atoms with Crippen molar-refractivity contribution in [3.63, 3.8) is 0 Å². The van der Waals surface area contributed by atoms with Crippen molar-refractivity contribution in [2.45, 2.75) is 6.92 Å². The highest BCUT2D eigenvalue weighted by Crippen LogP contribution is 2.21. The molecule has 18 heavy (non-hydrogen) atoms. The van der Waals surface area contributed by atoms with Crippen LogP contribution in [0.25, 0.3) is 11.3 Å². The molecule has 0 saturated heterocycles. The van der Waals surface area contributed by atoms with Gasteiger partial charge in [0.2, 0.25) is 0 Å². The minimum atomic E-state index is 0.122. The van der Waals surface area contributed by atoms with Gasteiger partial charge in [0.1, 0.15) is 11.5 Å². The van der Waals surface area contributed by atoms with E-state index in [0.29, 0.717) is 5.76 Å². The standard InChI is InChI=1S/C13H13N3OS/c1-9-2-4-10(5-3-9)12-7-6-11(17-12)8-15-16-13(14)18/h2-8H,1H3,(H3,14,16,18)/b15-8+. The van der Waals surface area contributed by atoms with E-state index >= 15 is 0 Å². The lowest BCUT2D eigenvalue weighted by atomic mass is 10.1. The molecule has 0 radical (unpaired) electrons. The zero-order valence-corrected chi connectivity index (χ0v) is 10.7. The second kappa shape index (κ2) is 5.46. The average molecular weight is 259 g/mol. The maximum atomic E-state index is 5.62. The Labute approximate surface area is 110 Å². The van der Waals surface area contributed by atoms with Crippen molar-refractivity contribution in [2.24, 2.45) is 10.8 Å². The van der Waals surface area contributed by atoms with E-state index in [1.54, 1.807) is 0 Å². The first-order chi connectivity index (χ1) is 8.65. The van der Waals surface area contributed by atoms with Crippen LogP contribution in [0.1, 0.15) is 11.3 Å². The highest BCUT2D eigenvalue weighted by molar-refractivity contribution is 7.80. The first-order valence-electron chi connectivity index (χ1n) is 5.40. The Bertz CT molecular complexity index is 572. The molecule has 0 amide bonds. The van der Waals surface area contributed by atoms with Crippen LogP contribution in [0.5, 0.6) is 0 Å². The van der Waals surface area contributed by atoms with Gasteiger partial charge in [0, 0.05) is 5.56 Å². The summed E-state index contributed by atoms with van der Waals surface area (Å²) in [6.07, 6.45) is 1.52. The van der Waals surface area contributed by atoms with Gasteiger partial charge in [0.05, 0.1) is 6.21 Å². The van der Waals surface area contributed by atoms with Crippen molar-refractivity contribution in [2.75, 3.05) is 0 Å². The molecule has 92 valence electrons. The lowest BCUT2D eigenvalue weighted by Crippen LogP contribution is -2.23. The monoisotopic (exact) mass is 259 g/mol. The number of nitrogens with two attached hydrogens (primary N) is 1. The predicted octanol–water partition coefficient (Wildman–Crippen LogP) is 2.42. The molecule has 4 nitrogen and oxygen atoms in total. The molecule has 0 aliphatic carbocycles. The van der Waals surface area contributed by atoms with Crippen LogP contribution in [0, 0.1) is 6.92 Å². The molecule has 0 fully saturated rings. The molecule has 0 aliphatic heterocycles. The van der Waals surface area contributed by atoms with E-state index in [2.05, 4.69) is 22.7 Å². The van der Waals surface area contributed by atoms with Gasteiger partial charge < -0.3 is 10.2 Å². The van der Waals surface area contributed by atoms with Gasteiger partial charge in [-0.25, -0.2) is 0 Å². The van der Waals surface area contributed by atoms with E-state index in [9.17, 15) is 0 Å². The van der Waals surface area contributed by atoms with E-state index in [1.165, 1.54) is 11.8 Å². The largest absolute Gasteiger partial charge is 0.455 e. The fourth-order valence-electron chi connectivity index (χ4n) is 1.45. The molecule has 3 N–H and O–H groups in total. The number of thiocarbonyl (C=S) groups is 1. The fraction of sp³-hybridized carbons (Fsp3) is 0.0769. The van der Waals surface area contributed by atoms with Gasteiger partial charge in [-0.05, 0) is 31.3 Å². The first kappa shape index (κ1) is 12.3. The first-order valence-corrected chi connectivity index (χ1v) is 5.81. The molecule has 1 aromatic heterocycles. The number of rotatable bonds is 3. The van der Waals surface area contributed by atoms with E-state index < -0.39 is 0 Å². The van der Waals surface area contributed by atoms with E-state index in [1.807, 2.05) is 43.3 Å². The molecular weight excluding hydrogens is 246 g/mol. The van der Waals surface area contributed by atoms with Crippen LogP contribution < -0.4 is 11.2 Å². The molecule has 5 heteroatoms. The number of hydrogen-bond acceptors (Lipinski definition) is 3. The van der Waals surface area contributed by atoms with E-state index in [0.717, 1.165) is 11.3 Å². The zero-order valence-electron chi connectivity index (χ0n) is 9.88. The summed E-state index contributed by atoms with van der Waals surface area (Å²) in [4.78, 5) is 0. The summed E-state index contributed by atoms with van der Waals surface area (Å²) >= 11 is 4.63. The summed E-state index contributed by atoms with van der Waals surface area (Å²) in [5.74, 6) is 1.43. The number of aryl methyl sites for hydroxylation is 1. The van der Waals surface area contributed by atoms with Crippen LogP contribution >= 0.6 is 12.2 Å². The predicted molar refractivity (Wildman–Crippen MR) is 76.4 cm³/mol. The minimum Gasteiger partial charge on any atom is -0.455 e. The molecule has 2 rings (SSSR count). The van der Waals surface area contributed by atoms with Crippen LogP contribution in [0.2, 0.25) is 0 Å². The maximum absolute atomic E-state index is 5.62. The second-order valence-electron chi connectivity index (χ2n) is 3.80. The number of nitrogens with one attached hydrogen (secondary N) is 1. The van der Waals surface area contributed by atoms with Crippen molar-refractivity contribution in [1.82, 2.24) is 5.43 Å². The van der Waals surface area contributed by atoms with Gasteiger partial charge in [0.25, 0.3) is 0 Å². The highest BCUT2D eigenvalue weighted by atomic mass is 32.1. The Morgan fingerprint density at radius 2 is 2.00 bits per heavy atom. The SMILES string of the molecule is Cc1ccc(-c2ccc(/C=N/NC(N)=S)o2)cc1. The molecule has 0 bridgehead atoms. The van der Waals surface area contributed by atoms with Gasteiger partial charge in [-0.15, -0.1) is 0 Å². The van der Waals surface area contributed by atoms with Crippen LogP contribution in [-0.4, -0.2) is 11.3 Å². The van der Waals surface area contributed by atoms with Crippen LogP contribution in [0.3, 0.4) is 0 Å². The van der Waals surface area contributed by atoms with E-state index in [4.69, 9.17) is 10.2 Å². The van der Waals surface area contributed by atoms with Crippen molar-refractivity contribution in [3.8, 4) is 11.3 Å². The van der Waals surface area contributed by atoms with Crippen LogP contribution in [0.15, 0.2) is 45.9 Å². The Hall–Kier alpha value is -2.14. The third-order valence-electron chi connectivity index (χ3n) is 2.33. The molecule has 1 heterocycles. The summed E-state index contributed by atoms with van der Waals surface area (Å²) in [6, 6.07) is 11.8. The molecule has 0 aliphatic rings. The number of hydrogen-bond donors (Lipinski definition) is 2. The minimum absolute atomic E-state index is 0.122. The zero-order chi connectivity index (χ0) is 13.0. The summed E-state index contributed by atoms with van der Waals surface area (Å²) in [6.45, 7) is 2.05. The van der Waals surface area contributed by atoms with Crippen molar-refractivity contribution in [1.29, 1.82) is 0 Å². The molecule has 0 unspecified atom stereocenters. The van der Waals surface area contributed by atoms with Gasteiger partial charge in [-0.3, -0.25) is 5.43 Å². The quantitative estimate of drug-likeness (QED) is 0.505. The van der Waals surface area contributed by atoms with Gasteiger partial charge in [0.15, 0.2) is 5.11 Å². The van der Waals surface area contributed by atoms with Crippen molar-refractivity contribution >= 4 is 23.5 Å².